The lowest BCUT2D eigenvalue weighted by molar-refractivity contribution is 0.340. The summed E-state index contributed by atoms with van der Waals surface area (Å²) >= 11 is 0. The van der Waals surface area contributed by atoms with E-state index in [4.69, 9.17) is 5.73 Å². The first-order valence-corrected chi connectivity index (χ1v) is 7.89. The van der Waals surface area contributed by atoms with E-state index in [1.54, 1.807) is 13.8 Å². The zero-order chi connectivity index (χ0) is 12.9. The van der Waals surface area contributed by atoms with Gasteiger partial charge in [0.15, 0.2) is 0 Å². The van der Waals surface area contributed by atoms with Crippen molar-refractivity contribution in [2.24, 2.45) is 5.73 Å². The van der Waals surface area contributed by atoms with Crippen LogP contribution < -0.4 is 15.2 Å². The highest BCUT2D eigenvalue weighted by Gasteiger charge is 2.33. The number of nitrogens with one attached hydrogen (secondary N) is 2. The summed E-state index contributed by atoms with van der Waals surface area (Å²) < 4.78 is 29.1. The summed E-state index contributed by atoms with van der Waals surface area (Å²) in [4.78, 5) is 0. The van der Waals surface area contributed by atoms with Crippen molar-refractivity contribution in [3.05, 3.63) is 0 Å². The molecule has 1 saturated carbocycles. The van der Waals surface area contributed by atoms with Gasteiger partial charge in [-0.25, -0.2) is 0 Å². The molecule has 0 atom stereocenters. The van der Waals surface area contributed by atoms with Crippen LogP contribution in [-0.4, -0.2) is 26.5 Å². The van der Waals surface area contributed by atoms with Crippen molar-refractivity contribution < 1.29 is 8.42 Å². The lowest BCUT2D eigenvalue weighted by Gasteiger charge is -2.32. The maximum absolute atomic E-state index is 11.9. The van der Waals surface area contributed by atoms with Gasteiger partial charge in [-0.1, -0.05) is 25.7 Å². The molecule has 1 fully saturated rings. The van der Waals surface area contributed by atoms with Gasteiger partial charge in [0.05, 0.1) is 0 Å². The third kappa shape index (κ3) is 4.91. The van der Waals surface area contributed by atoms with Crippen LogP contribution in [-0.2, 0) is 10.2 Å². The van der Waals surface area contributed by atoms with Gasteiger partial charge in [-0.2, -0.15) is 17.9 Å². The lowest BCUT2D eigenvalue weighted by Crippen LogP contribution is -2.57. The van der Waals surface area contributed by atoms with Gasteiger partial charge in [-0.3, -0.25) is 0 Å². The Morgan fingerprint density at radius 1 is 1.18 bits per heavy atom. The Kier molecular flexibility index (Phi) is 5.37. The maximum atomic E-state index is 11.9. The predicted molar refractivity (Wildman–Crippen MR) is 69.8 cm³/mol. The second-order valence-corrected chi connectivity index (χ2v) is 6.72. The molecule has 0 aromatic rings. The summed E-state index contributed by atoms with van der Waals surface area (Å²) in [7, 11) is -3.45. The molecule has 0 unspecified atom stereocenters. The highest BCUT2D eigenvalue weighted by molar-refractivity contribution is 7.87. The Bertz CT molecular complexity index is 320. The van der Waals surface area contributed by atoms with Crippen molar-refractivity contribution >= 4 is 10.2 Å². The topological polar surface area (TPSA) is 84.2 Å². The Morgan fingerprint density at radius 3 is 2.12 bits per heavy atom. The fourth-order valence-corrected chi connectivity index (χ4v) is 3.92. The van der Waals surface area contributed by atoms with Crippen LogP contribution in [0.4, 0.5) is 0 Å². The highest BCUT2D eigenvalue weighted by atomic mass is 32.2. The van der Waals surface area contributed by atoms with Gasteiger partial charge in [0.1, 0.15) is 0 Å². The van der Waals surface area contributed by atoms with E-state index in [0.717, 1.165) is 25.7 Å². The van der Waals surface area contributed by atoms with Crippen LogP contribution in [0.25, 0.3) is 0 Å². The summed E-state index contributed by atoms with van der Waals surface area (Å²) in [6.45, 7) is 3.98. The molecular formula is C11H25N3O2S. The van der Waals surface area contributed by atoms with Gasteiger partial charge in [0.25, 0.3) is 10.2 Å². The van der Waals surface area contributed by atoms with Crippen molar-refractivity contribution in [3.8, 4) is 0 Å². The van der Waals surface area contributed by atoms with Crippen LogP contribution in [0.1, 0.15) is 52.4 Å². The fourth-order valence-electron chi connectivity index (χ4n) is 2.38. The molecule has 1 rings (SSSR count). The smallest absolute Gasteiger partial charge is 0.277 e. The Balaban J connectivity index is 2.73. The Morgan fingerprint density at radius 2 is 1.71 bits per heavy atom. The van der Waals surface area contributed by atoms with Crippen molar-refractivity contribution in [1.29, 1.82) is 0 Å². The van der Waals surface area contributed by atoms with Gasteiger partial charge in [0, 0.05) is 18.1 Å². The second-order valence-electron chi connectivity index (χ2n) is 5.28. The van der Waals surface area contributed by atoms with E-state index in [-0.39, 0.29) is 6.04 Å². The number of rotatable bonds is 5. The Hall–Kier alpha value is -0.170. The molecular weight excluding hydrogens is 238 g/mol. The first-order chi connectivity index (χ1) is 7.89. The molecule has 5 nitrogen and oxygen atoms in total. The average Bonchev–Trinajstić information content (AvgIpc) is 2.41. The molecule has 0 aromatic heterocycles. The number of nitrogens with two attached hydrogens (primary N) is 1. The molecule has 0 spiro atoms. The first-order valence-electron chi connectivity index (χ1n) is 6.40. The van der Waals surface area contributed by atoms with E-state index < -0.39 is 15.7 Å². The van der Waals surface area contributed by atoms with Crippen LogP contribution >= 0.6 is 0 Å². The fraction of sp³-hybridized carbons (Fsp3) is 1.00. The minimum absolute atomic E-state index is 0.104. The summed E-state index contributed by atoms with van der Waals surface area (Å²) in [5.74, 6) is 0. The lowest BCUT2D eigenvalue weighted by atomic mass is 9.92. The standard InChI is InChI=1S/C11H25N3O2S/c1-10(2)13-17(15,16)14-11(9-12)7-5-3-4-6-8-11/h10,13-14H,3-9,12H2,1-2H3. The van der Waals surface area contributed by atoms with Gasteiger partial charge in [0.2, 0.25) is 0 Å². The van der Waals surface area contributed by atoms with Gasteiger partial charge in [-0.05, 0) is 26.7 Å². The van der Waals surface area contributed by atoms with Crippen LogP contribution in [0.15, 0.2) is 0 Å². The van der Waals surface area contributed by atoms with Crippen LogP contribution in [0.3, 0.4) is 0 Å². The normalized spacial score (nSPS) is 21.4. The monoisotopic (exact) mass is 263 g/mol. The van der Waals surface area contributed by atoms with Crippen LogP contribution in [0, 0.1) is 0 Å². The largest absolute Gasteiger partial charge is 0.329 e. The molecule has 0 amide bonds. The van der Waals surface area contributed by atoms with E-state index in [1.165, 1.54) is 12.8 Å². The van der Waals surface area contributed by atoms with Crippen molar-refractivity contribution in [2.45, 2.75) is 64.0 Å². The summed E-state index contributed by atoms with van der Waals surface area (Å²) in [5.41, 5.74) is 5.34. The van der Waals surface area contributed by atoms with Crippen molar-refractivity contribution in [2.75, 3.05) is 6.54 Å². The van der Waals surface area contributed by atoms with Crippen molar-refractivity contribution in [1.82, 2.24) is 9.44 Å². The molecule has 0 saturated heterocycles. The quantitative estimate of drug-likeness (QED) is 0.644. The molecule has 17 heavy (non-hydrogen) atoms. The van der Waals surface area contributed by atoms with E-state index in [1.807, 2.05) is 0 Å². The van der Waals surface area contributed by atoms with Gasteiger partial charge in [-0.15, -0.1) is 0 Å². The van der Waals surface area contributed by atoms with E-state index in [2.05, 4.69) is 9.44 Å². The summed E-state index contributed by atoms with van der Waals surface area (Å²) in [6, 6.07) is -0.104. The molecule has 0 aliphatic heterocycles. The van der Waals surface area contributed by atoms with Crippen molar-refractivity contribution in [3.63, 3.8) is 0 Å². The van der Waals surface area contributed by atoms with E-state index in [0.29, 0.717) is 6.54 Å². The van der Waals surface area contributed by atoms with Crippen LogP contribution in [0.2, 0.25) is 0 Å². The molecule has 0 heterocycles. The van der Waals surface area contributed by atoms with E-state index in [9.17, 15) is 8.42 Å². The molecule has 0 aromatic carbocycles. The summed E-state index contributed by atoms with van der Waals surface area (Å²) in [5, 5.41) is 0. The zero-order valence-corrected chi connectivity index (χ0v) is 11.6. The minimum Gasteiger partial charge on any atom is -0.329 e. The minimum atomic E-state index is -3.45. The molecule has 1 aliphatic carbocycles. The highest BCUT2D eigenvalue weighted by Crippen LogP contribution is 2.26. The summed E-state index contributed by atoms with van der Waals surface area (Å²) in [6.07, 6.45) is 6.09. The number of hydrogen-bond donors (Lipinski definition) is 3. The van der Waals surface area contributed by atoms with Crippen LogP contribution in [0.5, 0.6) is 0 Å². The molecule has 4 N–H and O–H groups in total. The van der Waals surface area contributed by atoms with Gasteiger partial charge >= 0.3 is 0 Å². The molecule has 0 bridgehead atoms. The second kappa shape index (κ2) is 6.13. The first kappa shape index (κ1) is 14.9. The zero-order valence-electron chi connectivity index (χ0n) is 10.8. The molecule has 6 heteroatoms. The molecule has 1 aliphatic rings. The average molecular weight is 263 g/mol. The third-order valence-electron chi connectivity index (χ3n) is 3.19. The Labute approximate surface area is 105 Å². The molecule has 102 valence electrons. The van der Waals surface area contributed by atoms with E-state index >= 15 is 0 Å². The number of hydrogen-bond acceptors (Lipinski definition) is 3. The maximum Gasteiger partial charge on any atom is 0.277 e. The molecule has 0 radical (unpaired) electrons. The van der Waals surface area contributed by atoms with Gasteiger partial charge < -0.3 is 5.73 Å². The third-order valence-corrected chi connectivity index (χ3v) is 4.68. The SMILES string of the molecule is CC(C)NS(=O)(=O)NC1(CN)CCCCCC1. The predicted octanol–water partition coefficient (Wildman–Crippen LogP) is 0.871.